The summed E-state index contributed by atoms with van der Waals surface area (Å²) in [6.45, 7) is 6.66. The van der Waals surface area contributed by atoms with E-state index in [1.54, 1.807) is 19.0 Å². The first-order chi connectivity index (χ1) is 12.4. The van der Waals surface area contributed by atoms with Crippen molar-refractivity contribution in [2.24, 2.45) is 10.9 Å². The van der Waals surface area contributed by atoms with E-state index < -0.39 is 0 Å². The molecule has 1 unspecified atom stereocenters. The molecule has 0 aromatic carbocycles. The SMILES string of the molecule is CCCCNC(=NCC(=O)N(C)C)NCC1COC2(CCC(C)CC2)O1. The van der Waals surface area contributed by atoms with Crippen molar-refractivity contribution < 1.29 is 14.3 Å². The minimum Gasteiger partial charge on any atom is -0.356 e. The summed E-state index contributed by atoms with van der Waals surface area (Å²) < 4.78 is 12.3. The second-order valence-electron chi connectivity index (χ2n) is 7.76. The van der Waals surface area contributed by atoms with Crippen LogP contribution in [0, 0.1) is 5.92 Å². The highest BCUT2D eigenvalue weighted by molar-refractivity contribution is 5.84. The van der Waals surface area contributed by atoms with Crippen molar-refractivity contribution in [1.82, 2.24) is 15.5 Å². The van der Waals surface area contributed by atoms with Crippen molar-refractivity contribution >= 4 is 11.9 Å². The van der Waals surface area contributed by atoms with Crippen molar-refractivity contribution in [2.45, 2.75) is 64.3 Å². The molecule has 150 valence electrons. The number of likely N-dealkylation sites (N-methyl/N-ethyl adjacent to an activating group) is 1. The summed E-state index contributed by atoms with van der Waals surface area (Å²) >= 11 is 0. The molecule has 1 heterocycles. The highest BCUT2D eigenvalue weighted by atomic mass is 16.7. The van der Waals surface area contributed by atoms with Gasteiger partial charge in [-0.1, -0.05) is 20.3 Å². The average molecular weight is 369 g/mol. The minimum absolute atomic E-state index is 0.0164. The molecule has 2 aliphatic rings. The highest BCUT2D eigenvalue weighted by Crippen LogP contribution is 2.39. The van der Waals surface area contributed by atoms with E-state index in [0.29, 0.717) is 19.1 Å². The smallest absolute Gasteiger partial charge is 0.243 e. The van der Waals surface area contributed by atoms with Crippen LogP contribution in [0.2, 0.25) is 0 Å². The van der Waals surface area contributed by atoms with Crippen LogP contribution in [-0.4, -0.2) is 69.0 Å². The lowest BCUT2D eigenvalue weighted by Crippen LogP contribution is -2.43. The Kier molecular flexibility index (Phi) is 8.15. The van der Waals surface area contributed by atoms with E-state index in [9.17, 15) is 4.79 Å². The summed E-state index contributed by atoms with van der Waals surface area (Å²) in [5, 5.41) is 6.60. The number of aliphatic imine (C=N–C) groups is 1. The van der Waals surface area contributed by atoms with Gasteiger partial charge in [0, 0.05) is 40.0 Å². The Bertz CT molecular complexity index is 473. The van der Waals surface area contributed by atoms with Crippen LogP contribution in [0.5, 0.6) is 0 Å². The number of amides is 1. The van der Waals surface area contributed by atoms with Gasteiger partial charge in [0.25, 0.3) is 0 Å². The molecule has 1 aliphatic carbocycles. The predicted octanol–water partition coefficient (Wildman–Crippen LogP) is 1.73. The van der Waals surface area contributed by atoms with E-state index in [-0.39, 0.29) is 24.3 Å². The van der Waals surface area contributed by atoms with E-state index in [1.165, 1.54) is 0 Å². The number of carbonyl (C=O) groups excluding carboxylic acids is 1. The number of rotatable bonds is 7. The first-order valence-corrected chi connectivity index (χ1v) is 9.98. The van der Waals surface area contributed by atoms with Gasteiger partial charge in [-0.05, 0) is 25.2 Å². The first-order valence-electron chi connectivity index (χ1n) is 9.98. The largest absolute Gasteiger partial charge is 0.356 e. The van der Waals surface area contributed by atoms with E-state index in [1.807, 2.05) is 0 Å². The van der Waals surface area contributed by atoms with Crippen LogP contribution in [0.15, 0.2) is 4.99 Å². The van der Waals surface area contributed by atoms with Crippen LogP contribution >= 0.6 is 0 Å². The normalized spacial score (nSPS) is 29.0. The lowest BCUT2D eigenvalue weighted by atomic mass is 9.86. The zero-order valence-electron chi connectivity index (χ0n) is 16.8. The number of nitrogens with zero attached hydrogens (tertiary/aromatic N) is 2. The maximum atomic E-state index is 11.8. The molecule has 0 radical (unpaired) electrons. The Balaban J connectivity index is 1.82. The summed E-state index contributed by atoms with van der Waals surface area (Å²) in [4.78, 5) is 17.7. The summed E-state index contributed by atoms with van der Waals surface area (Å²) in [5.74, 6) is 1.04. The second-order valence-corrected chi connectivity index (χ2v) is 7.76. The number of guanidine groups is 1. The standard InChI is InChI=1S/C19H36N4O3/c1-5-6-11-20-18(22-13-17(24)23(3)4)21-12-16-14-25-19(26-16)9-7-15(2)8-10-19/h15-16H,5-14H2,1-4H3,(H2,20,21,22). The Morgan fingerprint density at radius 2 is 2.00 bits per heavy atom. The molecule has 7 heteroatoms. The van der Waals surface area contributed by atoms with Crippen molar-refractivity contribution in [3.05, 3.63) is 0 Å². The molecule has 1 aliphatic heterocycles. The first kappa shape index (κ1) is 21.0. The number of hydrogen-bond acceptors (Lipinski definition) is 4. The molecule has 1 atom stereocenters. The molecule has 2 fully saturated rings. The molecule has 2 N–H and O–H groups in total. The predicted molar refractivity (Wildman–Crippen MR) is 103 cm³/mol. The molecule has 0 aromatic rings. The van der Waals surface area contributed by atoms with Gasteiger partial charge in [-0.3, -0.25) is 4.79 Å². The fourth-order valence-electron chi connectivity index (χ4n) is 3.24. The Labute approximate surface area is 157 Å². The van der Waals surface area contributed by atoms with Gasteiger partial charge in [0.2, 0.25) is 5.91 Å². The van der Waals surface area contributed by atoms with Gasteiger partial charge < -0.3 is 25.0 Å². The molecular formula is C19H36N4O3. The lowest BCUT2D eigenvalue weighted by molar-refractivity contribution is -0.191. The van der Waals surface area contributed by atoms with Crippen LogP contribution < -0.4 is 10.6 Å². The van der Waals surface area contributed by atoms with E-state index in [4.69, 9.17) is 9.47 Å². The van der Waals surface area contributed by atoms with Gasteiger partial charge in [0.1, 0.15) is 12.6 Å². The van der Waals surface area contributed by atoms with Gasteiger partial charge >= 0.3 is 0 Å². The third-order valence-corrected chi connectivity index (χ3v) is 5.14. The quantitative estimate of drug-likeness (QED) is 0.407. The van der Waals surface area contributed by atoms with Crippen molar-refractivity contribution in [2.75, 3.05) is 40.3 Å². The molecule has 1 amide bonds. The molecule has 1 saturated heterocycles. The summed E-state index contributed by atoms with van der Waals surface area (Å²) in [6, 6.07) is 0. The zero-order chi connectivity index (χ0) is 19.0. The lowest BCUT2D eigenvalue weighted by Gasteiger charge is -2.34. The van der Waals surface area contributed by atoms with Crippen molar-refractivity contribution in [1.29, 1.82) is 0 Å². The van der Waals surface area contributed by atoms with Crippen molar-refractivity contribution in [3.8, 4) is 0 Å². The summed E-state index contributed by atoms with van der Waals surface area (Å²) in [7, 11) is 3.48. The molecule has 7 nitrogen and oxygen atoms in total. The van der Waals surface area contributed by atoms with Gasteiger partial charge in [-0.15, -0.1) is 0 Å². The molecular weight excluding hydrogens is 332 g/mol. The highest BCUT2D eigenvalue weighted by Gasteiger charge is 2.43. The van der Waals surface area contributed by atoms with Crippen LogP contribution in [0.4, 0.5) is 0 Å². The Hall–Kier alpha value is -1.34. The van der Waals surface area contributed by atoms with Crippen LogP contribution in [0.3, 0.4) is 0 Å². The Morgan fingerprint density at radius 3 is 2.65 bits per heavy atom. The van der Waals surface area contributed by atoms with Crippen LogP contribution in [0.25, 0.3) is 0 Å². The number of carbonyl (C=O) groups is 1. The van der Waals surface area contributed by atoms with Crippen LogP contribution in [0.1, 0.15) is 52.4 Å². The monoisotopic (exact) mass is 368 g/mol. The van der Waals surface area contributed by atoms with Gasteiger partial charge in [0.15, 0.2) is 11.7 Å². The number of unbranched alkanes of at least 4 members (excludes halogenated alkanes) is 1. The second kappa shape index (κ2) is 10.1. The molecule has 0 bridgehead atoms. The molecule has 1 saturated carbocycles. The molecule has 26 heavy (non-hydrogen) atoms. The fraction of sp³-hybridized carbons (Fsp3) is 0.895. The van der Waals surface area contributed by atoms with E-state index >= 15 is 0 Å². The Morgan fingerprint density at radius 1 is 1.27 bits per heavy atom. The number of nitrogens with one attached hydrogen (secondary N) is 2. The number of ether oxygens (including phenoxy) is 2. The third-order valence-electron chi connectivity index (χ3n) is 5.14. The minimum atomic E-state index is -0.368. The molecule has 1 spiro atoms. The fourth-order valence-corrected chi connectivity index (χ4v) is 3.24. The zero-order valence-corrected chi connectivity index (χ0v) is 16.8. The van der Waals surface area contributed by atoms with Gasteiger partial charge in [-0.25, -0.2) is 4.99 Å². The van der Waals surface area contributed by atoms with Gasteiger partial charge in [0.05, 0.1) is 6.61 Å². The van der Waals surface area contributed by atoms with E-state index in [2.05, 4.69) is 29.5 Å². The summed E-state index contributed by atoms with van der Waals surface area (Å²) in [5.41, 5.74) is 0. The summed E-state index contributed by atoms with van der Waals surface area (Å²) in [6.07, 6.45) is 6.49. The molecule has 0 aromatic heterocycles. The van der Waals surface area contributed by atoms with Gasteiger partial charge in [-0.2, -0.15) is 0 Å². The van der Waals surface area contributed by atoms with E-state index in [0.717, 1.165) is 51.0 Å². The third kappa shape index (κ3) is 6.43. The number of hydrogen-bond donors (Lipinski definition) is 2. The maximum absolute atomic E-state index is 11.8. The maximum Gasteiger partial charge on any atom is 0.243 e. The van der Waals surface area contributed by atoms with Crippen LogP contribution in [-0.2, 0) is 14.3 Å². The molecule has 2 rings (SSSR count). The topological polar surface area (TPSA) is 75.2 Å². The average Bonchev–Trinajstić information content (AvgIpc) is 3.02. The van der Waals surface area contributed by atoms with Crippen molar-refractivity contribution in [3.63, 3.8) is 0 Å².